The molecule has 11 atom stereocenters. The minimum atomic E-state index is -0.748. The standard InChI is InChI=1S/C24H40O5/c1-13(4-7-19(26)27)15-5-6-16-20-17(9-11-23(15,16)2)24(3)10-8-14(25)12-18(24)21(28)22(20)29/h13-18,20-22,25,28-29H,4-12H2,1-3H3,(H,26,27)/t13-,14+,15-,16+,17+,18+,20+,21+,22-,23-,24-/m1/s1. The molecule has 0 aromatic heterocycles. The van der Waals surface area contributed by atoms with Crippen molar-refractivity contribution in [2.24, 2.45) is 46.3 Å². The van der Waals surface area contributed by atoms with Crippen LogP contribution in [-0.4, -0.2) is 44.7 Å². The molecule has 0 spiro atoms. The van der Waals surface area contributed by atoms with Crippen LogP contribution in [0, 0.1) is 46.3 Å². The van der Waals surface area contributed by atoms with Crippen molar-refractivity contribution in [3.63, 3.8) is 0 Å². The van der Waals surface area contributed by atoms with Crippen molar-refractivity contribution in [3.8, 4) is 0 Å². The van der Waals surface area contributed by atoms with E-state index in [0.29, 0.717) is 30.1 Å². The van der Waals surface area contributed by atoms with Crippen LogP contribution in [0.1, 0.15) is 78.6 Å². The lowest BCUT2D eigenvalue weighted by molar-refractivity contribution is -0.223. The predicted molar refractivity (Wildman–Crippen MR) is 110 cm³/mol. The summed E-state index contributed by atoms with van der Waals surface area (Å²) in [5.74, 6) is 1.06. The van der Waals surface area contributed by atoms with Gasteiger partial charge in [-0.2, -0.15) is 0 Å². The normalized spacial score (nSPS) is 52.9. The van der Waals surface area contributed by atoms with Gasteiger partial charge < -0.3 is 20.4 Å². The summed E-state index contributed by atoms with van der Waals surface area (Å²) >= 11 is 0. The third kappa shape index (κ3) is 3.27. The molecule has 4 aliphatic rings. The maximum atomic E-state index is 11.3. The molecular formula is C24H40O5. The molecule has 166 valence electrons. The first kappa shape index (κ1) is 21.6. The largest absolute Gasteiger partial charge is 0.481 e. The van der Waals surface area contributed by atoms with Gasteiger partial charge in [-0.15, -0.1) is 0 Å². The van der Waals surface area contributed by atoms with Crippen LogP contribution in [0.5, 0.6) is 0 Å². The number of carbonyl (C=O) groups is 1. The molecule has 0 radical (unpaired) electrons. The Balaban J connectivity index is 1.59. The number of hydrogen-bond donors (Lipinski definition) is 4. The lowest BCUT2D eigenvalue weighted by atomic mass is 9.43. The van der Waals surface area contributed by atoms with E-state index in [1.165, 1.54) is 0 Å². The van der Waals surface area contributed by atoms with Gasteiger partial charge in [-0.1, -0.05) is 20.8 Å². The highest BCUT2D eigenvalue weighted by molar-refractivity contribution is 5.66. The van der Waals surface area contributed by atoms with E-state index in [2.05, 4.69) is 20.8 Å². The molecule has 0 unspecified atom stereocenters. The quantitative estimate of drug-likeness (QED) is 0.571. The van der Waals surface area contributed by atoms with Gasteiger partial charge >= 0.3 is 5.97 Å². The topological polar surface area (TPSA) is 98.0 Å². The zero-order valence-corrected chi connectivity index (χ0v) is 18.3. The summed E-state index contributed by atoms with van der Waals surface area (Å²) in [5.41, 5.74) is 0.119. The zero-order chi connectivity index (χ0) is 21.1. The number of aliphatic hydroxyl groups excluding tert-OH is 3. The summed E-state index contributed by atoms with van der Waals surface area (Å²) in [4.78, 5) is 11.1. The Morgan fingerprint density at radius 1 is 0.931 bits per heavy atom. The Bertz CT molecular complexity index is 637. The number of hydrogen-bond acceptors (Lipinski definition) is 4. The van der Waals surface area contributed by atoms with Crippen molar-refractivity contribution in [1.29, 1.82) is 0 Å². The smallest absolute Gasteiger partial charge is 0.303 e. The average molecular weight is 409 g/mol. The van der Waals surface area contributed by atoms with Crippen LogP contribution in [0.25, 0.3) is 0 Å². The van der Waals surface area contributed by atoms with Crippen molar-refractivity contribution in [2.45, 2.75) is 96.9 Å². The fourth-order valence-electron chi connectivity index (χ4n) is 8.77. The van der Waals surface area contributed by atoms with E-state index >= 15 is 0 Å². The first-order chi connectivity index (χ1) is 13.6. The van der Waals surface area contributed by atoms with Gasteiger partial charge in [0, 0.05) is 6.42 Å². The zero-order valence-electron chi connectivity index (χ0n) is 18.3. The van der Waals surface area contributed by atoms with Gasteiger partial charge in [-0.25, -0.2) is 0 Å². The maximum absolute atomic E-state index is 11.3. The van der Waals surface area contributed by atoms with Crippen LogP contribution < -0.4 is 0 Å². The summed E-state index contributed by atoms with van der Waals surface area (Å²) < 4.78 is 0. The van der Waals surface area contributed by atoms with Gasteiger partial charge in [0.2, 0.25) is 0 Å². The van der Waals surface area contributed by atoms with E-state index in [4.69, 9.17) is 5.11 Å². The molecule has 0 bridgehead atoms. The fourth-order valence-corrected chi connectivity index (χ4v) is 8.77. The minimum Gasteiger partial charge on any atom is -0.481 e. The molecule has 0 amide bonds. The highest BCUT2D eigenvalue weighted by Crippen LogP contribution is 2.68. The van der Waals surface area contributed by atoms with E-state index in [1.807, 2.05) is 0 Å². The SMILES string of the molecule is C[C@H](CCC(=O)O)[C@H]1CC[C@H]2[C@@H]3[C@@H](O)[C@@H](O)[C@@H]4C[C@@H](O)CC[C@]4(C)[C@H]3CC[C@]12C. The highest BCUT2D eigenvalue weighted by Gasteiger charge is 2.65. The van der Waals surface area contributed by atoms with Gasteiger partial charge in [0.25, 0.3) is 0 Å². The lowest BCUT2D eigenvalue weighted by Gasteiger charge is -2.63. The third-order valence-electron chi connectivity index (χ3n) is 10.3. The molecule has 4 N–H and O–H groups in total. The van der Waals surface area contributed by atoms with Crippen LogP contribution in [-0.2, 0) is 4.79 Å². The number of carboxylic acids is 1. The Labute approximate surface area is 174 Å². The molecule has 4 rings (SSSR count). The lowest BCUT2D eigenvalue weighted by Crippen LogP contribution is -2.64. The van der Waals surface area contributed by atoms with Gasteiger partial charge in [-0.05, 0) is 97.7 Å². The van der Waals surface area contributed by atoms with Gasteiger partial charge in [0.15, 0.2) is 0 Å². The highest BCUT2D eigenvalue weighted by atomic mass is 16.4. The summed E-state index contributed by atoms with van der Waals surface area (Å²) in [6.45, 7) is 6.89. The van der Waals surface area contributed by atoms with E-state index in [1.54, 1.807) is 0 Å². The molecule has 0 heterocycles. The van der Waals surface area contributed by atoms with Crippen molar-refractivity contribution >= 4 is 5.97 Å². The van der Waals surface area contributed by atoms with Crippen LogP contribution in [0.3, 0.4) is 0 Å². The molecule has 4 aliphatic carbocycles. The van der Waals surface area contributed by atoms with E-state index in [-0.39, 0.29) is 35.2 Å². The van der Waals surface area contributed by atoms with Crippen molar-refractivity contribution in [2.75, 3.05) is 0 Å². The molecule has 4 saturated carbocycles. The number of aliphatic hydroxyl groups is 3. The fraction of sp³-hybridized carbons (Fsp3) is 0.958. The summed E-state index contributed by atoms with van der Waals surface area (Å²) in [6, 6.07) is 0. The summed E-state index contributed by atoms with van der Waals surface area (Å²) in [5, 5.41) is 41.7. The molecule has 0 aromatic rings. The third-order valence-corrected chi connectivity index (χ3v) is 10.3. The molecule has 0 aromatic carbocycles. The van der Waals surface area contributed by atoms with Gasteiger partial charge in [-0.3, -0.25) is 4.79 Å². The van der Waals surface area contributed by atoms with E-state index in [0.717, 1.165) is 44.9 Å². The maximum Gasteiger partial charge on any atom is 0.303 e. The molecule has 29 heavy (non-hydrogen) atoms. The number of carboxylic acid groups (broad SMARTS) is 1. The number of aliphatic carboxylic acids is 1. The van der Waals surface area contributed by atoms with Crippen molar-refractivity contribution < 1.29 is 25.2 Å². The predicted octanol–water partition coefficient (Wildman–Crippen LogP) is 3.45. The van der Waals surface area contributed by atoms with Crippen LogP contribution >= 0.6 is 0 Å². The van der Waals surface area contributed by atoms with Gasteiger partial charge in [0.1, 0.15) is 0 Å². The Hall–Kier alpha value is -0.650. The van der Waals surface area contributed by atoms with Crippen LogP contribution in [0.4, 0.5) is 0 Å². The molecule has 5 heteroatoms. The Kier molecular flexibility index (Phi) is 5.57. The molecule has 0 saturated heterocycles. The number of rotatable bonds is 4. The molecule has 5 nitrogen and oxygen atoms in total. The van der Waals surface area contributed by atoms with Gasteiger partial charge in [0.05, 0.1) is 18.3 Å². The first-order valence-electron chi connectivity index (χ1n) is 11.9. The molecule has 0 aliphatic heterocycles. The molecular weight excluding hydrogens is 368 g/mol. The first-order valence-corrected chi connectivity index (χ1v) is 11.9. The van der Waals surface area contributed by atoms with E-state index in [9.17, 15) is 20.1 Å². The minimum absolute atomic E-state index is 0.00309. The molecule has 4 fully saturated rings. The Morgan fingerprint density at radius 3 is 2.28 bits per heavy atom. The summed E-state index contributed by atoms with van der Waals surface area (Å²) in [6.07, 6.45) is 5.87. The second-order valence-corrected chi connectivity index (χ2v) is 11.5. The second kappa shape index (κ2) is 7.49. The van der Waals surface area contributed by atoms with Crippen molar-refractivity contribution in [1.82, 2.24) is 0 Å². The second-order valence-electron chi connectivity index (χ2n) is 11.5. The van der Waals surface area contributed by atoms with E-state index < -0.39 is 18.2 Å². The van der Waals surface area contributed by atoms with Crippen LogP contribution in [0.15, 0.2) is 0 Å². The Morgan fingerprint density at radius 2 is 1.59 bits per heavy atom. The number of fused-ring (bicyclic) bond motifs is 5. The van der Waals surface area contributed by atoms with Crippen molar-refractivity contribution in [3.05, 3.63) is 0 Å². The monoisotopic (exact) mass is 408 g/mol. The van der Waals surface area contributed by atoms with Crippen LogP contribution in [0.2, 0.25) is 0 Å². The average Bonchev–Trinajstić information content (AvgIpc) is 3.02. The summed E-state index contributed by atoms with van der Waals surface area (Å²) in [7, 11) is 0.